The Morgan fingerprint density at radius 1 is 0.905 bits per heavy atom. The molecular formula is C19H18FN. The fraction of sp³-hybridized carbons (Fsp3) is 0.158. The van der Waals surface area contributed by atoms with Crippen molar-refractivity contribution in [3.8, 4) is 11.1 Å². The molecule has 0 atom stereocenters. The van der Waals surface area contributed by atoms with Gasteiger partial charge in [-0.2, -0.15) is 0 Å². The normalized spacial score (nSPS) is 11.0. The average Bonchev–Trinajstić information content (AvgIpc) is 2.53. The van der Waals surface area contributed by atoms with Gasteiger partial charge >= 0.3 is 0 Å². The molecule has 21 heavy (non-hydrogen) atoms. The minimum Gasteiger partial charge on any atom is -0.313 e. The lowest BCUT2D eigenvalue weighted by Crippen LogP contribution is -2.12. The zero-order valence-corrected chi connectivity index (χ0v) is 12.1. The van der Waals surface area contributed by atoms with E-state index in [9.17, 15) is 4.39 Å². The van der Waals surface area contributed by atoms with Gasteiger partial charge in [0, 0.05) is 6.54 Å². The van der Waals surface area contributed by atoms with Gasteiger partial charge in [0.2, 0.25) is 0 Å². The number of fused-ring (bicyclic) bond motifs is 1. The maximum Gasteiger partial charge on any atom is 0.123 e. The lowest BCUT2D eigenvalue weighted by Gasteiger charge is -2.11. The number of benzene rings is 3. The monoisotopic (exact) mass is 279 g/mol. The predicted molar refractivity (Wildman–Crippen MR) is 86.7 cm³/mol. The van der Waals surface area contributed by atoms with Crippen LogP contribution in [0.15, 0.2) is 60.7 Å². The highest BCUT2D eigenvalue weighted by atomic mass is 19.1. The first kappa shape index (κ1) is 13.8. The summed E-state index contributed by atoms with van der Waals surface area (Å²) in [6.07, 6.45) is 0. The Bertz CT molecular complexity index is 764. The predicted octanol–water partition coefficient (Wildman–Crippen LogP) is 4.76. The fourth-order valence-electron chi connectivity index (χ4n) is 2.59. The summed E-state index contributed by atoms with van der Waals surface area (Å²) >= 11 is 0. The number of hydrogen-bond acceptors (Lipinski definition) is 1. The number of rotatable bonds is 4. The van der Waals surface area contributed by atoms with Gasteiger partial charge in [-0.1, -0.05) is 49.4 Å². The molecule has 0 heterocycles. The zero-order valence-electron chi connectivity index (χ0n) is 12.1. The van der Waals surface area contributed by atoms with Crippen LogP contribution in [0.4, 0.5) is 4.39 Å². The third kappa shape index (κ3) is 2.96. The molecule has 0 spiro atoms. The highest BCUT2D eigenvalue weighted by molar-refractivity contribution is 5.87. The van der Waals surface area contributed by atoms with E-state index in [1.165, 1.54) is 16.8 Å². The molecule has 2 heteroatoms. The van der Waals surface area contributed by atoms with Crippen LogP contribution in [0, 0.1) is 5.82 Å². The van der Waals surface area contributed by atoms with E-state index < -0.39 is 0 Å². The molecule has 0 radical (unpaired) electrons. The largest absolute Gasteiger partial charge is 0.313 e. The van der Waals surface area contributed by atoms with E-state index in [4.69, 9.17) is 0 Å². The molecule has 3 aromatic carbocycles. The Morgan fingerprint density at radius 2 is 1.71 bits per heavy atom. The van der Waals surface area contributed by atoms with Gasteiger partial charge in [-0.15, -0.1) is 0 Å². The minimum atomic E-state index is -0.196. The summed E-state index contributed by atoms with van der Waals surface area (Å²) in [7, 11) is 0. The van der Waals surface area contributed by atoms with E-state index in [2.05, 4.69) is 42.6 Å². The van der Waals surface area contributed by atoms with Crippen LogP contribution in [0.2, 0.25) is 0 Å². The van der Waals surface area contributed by atoms with Crippen LogP contribution in [-0.2, 0) is 6.54 Å². The lowest BCUT2D eigenvalue weighted by atomic mass is 9.97. The Kier molecular flexibility index (Phi) is 3.98. The van der Waals surface area contributed by atoms with Gasteiger partial charge in [-0.05, 0) is 52.2 Å². The molecule has 0 saturated carbocycles. The molecular weight excluding hydrogens is 261 g/mol. The van der Waals surface area contributed by atoms with Gasteiger partial charge in [-0.25, -0.2) is 4.39 Å². The number of halogens is 1. The van der Waals surface area contributed by atoms with Crippen LogP contribution >= 0.6 is 0 Å². The molecule has 3 aromatic rings. The summed E-state index contributed by atoms with van der Waals surface area (Å²) in [5.41, 5.74) is 3.14. The van der Waals surface area contributed by atoms with Crippen molar-refractivity contribution in [3.05, 3.63) is 72.0 Å². The van der Waals surface area contributed by atoms with Gasteiger partial charge < -0.3 is 5.32 Å². The van der Waals surface area contributed by atoms with E-state index >= 15 is 0 Å². The molecule has 0 fully saturated rings. The van der Waals surface area contributed by atoms with Crippen molar-refractivity contribution in [1.82, 2.24) is 5.32 Å². The maximum absolute atomic E-state index is 13.6. The summed E-state index contributed by atoms with van der Waals surface area (Å²) in [4.78, 5) is 0. The molecule has 0 aliphatic heterocycles. The molecule has 0 bridgehead atoms. The van der Waals surface area contributed by atoms with E-state index in [1.807, 2.05) is 18.2 Å². The number of nitrogens with one attached hydrogen (secondary N) is 1. The second-order valence-electron chi connectivity index (χ2n) is 5.14. The Hall–Kier alpha value is -2.19. The highest BCUT2D eigenvalue weighted by Crippen LogP contribution is 2.28. The zero-order chi connectivity index (χ0) is 14.7. The van der Waals surface area contributed by atoms with Crippen LogP contribution in [0.1, 0.15) is 12.5 Å². The van der Waals surface area contributed by atoms with Gasteiger partial charge in [0.25, 0.3) is 0 Å². The maximum atomic E-state index is 13.6. The van der Waals surface area contributed by atoms with E-state index in [-0.39, 0.29) is 5.82 Å². The van der Waals surface area contributed by atoms with Crippen LogP contribution < -0.4 is 5.32 Å². The summed E-state index contributed by atoms with van der Waals surface area (Å²) in [5, 5.41) is 5.68. The number of hydrogen-bond donors (Lipinski definition) is 1. The molecule has 0 amide bonds. The van der Waals surface area contributed by atoms with Crippen molar-refractivity contribution in [2.45, 2.75) is 13.5 Å². The SMILES string of the molecule is CCNCc1ccc(F)cc1-c1ccc2ccccc2c1. The molecule has 106 valence electrons. The summed E-state index contributed by atoms with van der Waals surface area (Å²) < 4.78 is 13.6. The van der Waals surface area contributed by atoms with Crippen molar-refractivity contribution < 1.29 is 4.39 Å². The topological polar surface area (TPSA) is 12.0 Å². The third-order valence-electron chi connectivity index (χ3n) is 3.70. The van der Waals surface area contributed by atoms with Crippen molar-refractivity contribution in [3.63, 3.8) is 0 Å². The quantitative estimate of drug-likeness (QED) is 0.726. The van der Waals surface area contributed by atoms with Crippen LogP contribution in [0.25, 0.3) is 21.9 Å². The van der Waals surface area contributed by atoms with Gasteiger partial charge in [0.15, 0.2) is 0 Å². The summed E-state index contributed by atoms with van der Waals surface area (Å²) in [6.45, 7) is 3.71. The molecule has 3 rings (SSSR count). The van der Waals surface area contributed by atoms with Crippen molar-refractivity contribution >= 4 is 10.8 Å². The Labute approximate surface area is 124 Å². The van der Waals surface area contributed by atoms with Crippen molar-refractivity contribution in [2.24, 2.45) is 0 Å². The first-order chi connectivity index (χ1) is 10.3. The van der Waals surface area contributed by atoms with E-state index in [1.54, 1.807) is 6.07 Å². The van der Waals surface area contributed by atoms with E-state index in [0.29, 0.717) is 0 Å². The first-order valence-corrected chi connectivity index (χ1v) is 7.26. The highest BCUT2D eigenvalue weighted by Gasteiger charge is 2.07. The van der Waals surface area contributed by atoms with Gasteiger partial charge in [0.05, 0.1) is 0 Å². The molecule has 0 saturated heterocycles. The smallest absolute Gasteiger partial charge is 0.123 e. The second-order valence-corrected chi connectivity index (χ2v) is 5.14. The van der Waals surface area contributed by atoms with Gasteiger partial charge in [0.1, 0.15) is 5.82 Å². The van der Waals surface area contributed by atoms with E-state index in [0.717, 1.165) is 29.8 Å². The molecule has 0 aliphatic rings. The van der Waals surface area contributed by atoms with Gasteiger partial charge in [-0.3, -0.25) is 0 Å². The molecule has 1 nitrogen and oxygen atoms in total. The molecule has 0 aromatic heterocycles. The van der Waals surface area contributed by atoms with Crippen molar-refractivity contribution in [2.75, 3.05) is 6.54 Å². The van der Waals surface area contributed by atoms with Crippen LogP contribution in [-0.4, -0.2) is 6.54 Å². The summed E-state index contributed by atoms with van der Waals surface area (Å²) in [6, 6.07) is 19.5. The fourth-order valence-corrected chi connectivity index (χ4v) is 2.59. The Morgan fingerprint density at radius 3 is 2.52 bits per heavy atom. The second kappa shape index (κ2) is 6.06. The molecule has 0 unspecified atom stereocenters. The molecule has 0 aliphatic carbocycles. The Balaban J connectivity index is 2.09. The lowest BCUT2D eigenvalue weighted by molar-refractivity contribution is 0.626. The third-order valence-corrected chi connectivity index (χ3v) is 3.70. The minimum absolute atomic E-state index is 0.196. The summed E-state index contributed by atoms with van der Waals surface area (Å²) in [5.74, 6) is -0.196. The standard InChI is InChI=1S/C19H18FN/c1-2-21-13-17-9-10-18(20)12-19(17)16-8-7-14-5-3-4-6-15(14)11-16/h3-12,21H,2,13H2,1H3. The first-order valence-electron chi connectivity index (χ1n) is 7.26. The van der Waals surface area contributed by atoms with Crippen molar-refractivity contribution in [1.29, 1.82) is 0 Å². The molecule has 1 N–H and O–H groups in total. The van der Waals surface area contributed by atoms with Crippen LogP contribution in [0.3, 0.4) is 0 Å². The van der Waals surface area contributed by atoms with Crippen LogP contribution in [0.5, 0.6) is 0 Å². The average molecular weight is 279 g/mol.